The number of rotatable bonds is 3. The molecule has 2 aromatic rings. The highest BCUT2D eigenvalue weighted by molar-refractivity contribution is 5.92. The van der Waals surface area contributed by atoms with Crippen LogP contribution in [0, 0.1) is 11.3 Å². The maximum absolute atomic E-state index is 11.7. The van der Waals surface area contributed by atoms with E-state index in [-0.39, 0.29) is 11.6 Å². The summed E-state index contributed by atoms with van der Waals surface area (Å²) in [5, 5.41) is 11.4. The van der Waals surface area contributed by atoms with Gasteiger partial charge in [0, 0.05) is 25.1 Å². The molecular weight excluding hydrogens is 216 g/mol. The van der Waals surface area contributed by atoms with E-state index in [2.05, 4.69) is 15.3 Å². The van der Waals surface area contributed by atoms with E-state index in [0.717, 1.165) is 5.56 Å². The summed E-state index contributed by atoms with van der Waals surface area (Å²) in [5.74, 6) is -0.289. The Morgan fingerprint density at radius 3 is 3.12 bits per heavy atom. The summed E-state index contributed by atoms with van der Waals surface area (Å²) in [7, 11) is 0. The third-order valence-electron chi connectivity index (χ3n) is 2.24. The smallest absolute Gasteiger partial charge is 0.270 e. The first-order valence-electron chi connectivity index (χ1n) is 5.05. The summed E-state index contributed by atoms with van der Waals surface area (Å²) < 4.78 is 0. The molecule has 0 saturated heterocycles. The Morgan fingerprint density at radius 1 is 1.53 bits per heavy atom. The molecule has 1 amide bonds. The first-order valence-corrected chi connectivity index (χ1v) is 5.05. The van der Waals surface area contributed by atoms with Gasteiger partial charge in [-0.3, -0.25) is 9.78 Å². The monoisotopic (exact) mass is 226 g/mol. The van der Waals surface area contributed by atoms with Gasteiger partial charge in [-0.15, -0.1) is 0 Å². The number of nitrogens with zero attached hydrogens (tertiary/aromatic N) is 2. The Hall–Kier alpha value is -2.61. The Bertz CT molecular complexity index is 554. The normalized spacial score (nSPS) is 9.59. The van der Waals surface area contributed by atoms with E-state index in [1.54, 1.807) is 18.5 Å². The topological polar surface area (TPSA) is 81.6 Å². The molecule has 0 aliphatic heterocycles. The number of carbonyl (C=O) groups is 1. The van der Waals surface area contributed by atoms with E-state index >= 15 is 0 Å². The number of amides is 1. The van der Waals surface area contributed by atoms with E-state index < -0.39 is 0 Å². The fourth-order valence-corrected chi connectivity index (χ4v) is 1.37. The van der Waals surface area contributed by atoms with Gasteiger partial charge in [0.15, 0.2) is 0 Å². The molecule has 2 N–H and O–H groups in total. The molecule has 2 rings (SSSR count). The van der Waals surface area contributed by atoms with Gasteiger partial charge in [-0.25, -0.2) is 0 Å². The number of pyridine rings is 1. The molecule has 0 bridgehead atoms. The van der Waals surface area contributed by atoms with Crippen LogP contribution in [-0.4, -0.2) is 15.9 Å². The summed E-state index contributed by atoms with van der Waals surface area (Å²) in [6, 6.07) is 6.86. The van der Waals surface area contributed by atoms with Crippen LogP contribution < -0.4 is 5.32 Å². The van der Waals surface area contributed by atoms with Gasteiger partial charge in [-0.05, 0) is 23.8 Å². The number of nitriles is 1. The minimum Gasteiger partial charge on any atom is -0.367 e. The van der Waals surface area contributed by atoms with Crippen LogP contribution in [0.15, 0.2) is 36.8 Å². The van der Waals surface area contributed by atoms with Crippen LogP contribution in [0.3, 0.4) is 0 Å². The number of aromatic nitrogens is 2. The molecule has 0 radical (unpaired) electrons. The molecule has 84 valence electrons. The molecule has 0 fully saturated rings. The number of carbonyl (C=O) groups excluding carboxylic acids is 1. The molecule has 17 heavy (non-hydrogen) atoms. The third-order valence-corrected chi connectivity index (χ3v) is 2.24. The summed E-state index contributed by atoms with van der Waals surface area (Å²) in [6.07, 6.45) is 5.04. The number of hydrogen-bond donors (Lipinski definition) is 2. The van der Waals surface area contributed by atoms with E-state index in [4.69, 9.17) is 5.26 Å². The lowest BCUT2D eigenvalue weighted by Gasteiger charge is -2.02. The van der Waals surface area contributed by atoms with Gasteiger partial charge in [0.25, 0.3) is 5.91 Å². The zero-order chi connectivity index (χ0) is 12.1. The zero-order valence-corrected chi connectivity index (χ0v) is 8.97. The zero-order valence-electron chi connectivity index (χ0n) is 8.97. The van der Waals surface area contributed by atoms with E-state index in [0.29, 0.717) is 12.1 Å². The summed E-state index contributed by atoms with van der Waals surface area (Å²) in [4.78, 5) is 18.5. The van der Waals surface area contributed by atoms with Crippen LogP contribution in [0.4, 0.5) is 0 Å². The molecule has 2 heterocycles. The lowest BCUT2D eigenvalue weighted by atomic mass is 10.2. The van der Waals surface area contributed by atoms with Crippen molar-refractivity contribution in [1.29, 1.82) is 5.26 Å². The molecule has 0 aromatic carbocycles. The molecular formula is C12H10N4O. The quantitative estimate of drug-likeness (QED) is 0.825. The van der Waals surface area contributed by atoms with Crippen molar-refractivity contribution in [3.63, 3.8) is 0 Å². The first-order chi connectivity index (χ1) is 8.29. The predicted molar refractivity (Wildman–Crippen MR) is 60.9 cm³/mol. The number of H-pyrrole nitrogens is 1. The fourth-order valence-electron chi connectivity index (χ4n) is 1.37. The van der Waals surface area contributed by atoms with Crippen LogP contribution >= 0.6 is 0 Å². The fraction of sp³-hybridized carbons (Fsp3) is 0.0833. The molecule has 0 unspecified atom stereocenters. The molecule has 0 aliphatic rings. The number of hydrogen-bond acceptors (Lipinski definition) is 3. The van der Waals surface area contributed by atoms with Gasteiger partial charge in [-0.2, -0.15) is 5.26 Å². The standard InChI is InChI=1S/C12H10N4O/c13-6-9-2-4-15-11(5-9)12(17)16-8-10-1-3-14-7-10/h1-5,7,14H,8H2,(H,16,17). The SMILES string of the molecule is N#Cc1ccnc(C(=O)NCc2cc[nH]c2)c1. The maximum atomic E-state index is 11.7. The summed E-state index contributed by atoms with van der Waals surface area (Å²) >= 11 is 0. The van der Waals surface area contributed by atoms with Gasteiger partial charge < -0.3 is 10.3 Å². The van der Waals surface area contributed by atoms with Crippen molar-refractivity contribution in [3.05, 3.63) is 53.6 Å². The highest BCUT2D eigenvalue weighted by Crippen LogP contribution is 2.01. The van der Waals surface area contributed by atoms with Gasteiger partial charge in [0.2, 0.25) is 0 Å². The van der Waals surface area contributed by atoms with Gasteiger partial charge in [0.1, 0.15) is 5.69 Å². The van der Waals surface area contributed by atoms with Crippen molar-refractivity contribution in [2.45, 2.75) is 6.54 Å². The summed E-state index contributed by atoms with van der Waals surface area (Å²) in [5.41, 5.74) is 1.65. The molecule has 0 saturated carbocycles. The first kappa shape index (κ1) is 10.9. The van der Waals surface area contributed by atoms with Crippen LogP contribution in [0.25, 0.3) is 0 Å². The molecule has 5 nitrogen and oxygen atoms in total. The van der Waals surface area contributed by atoms with Crippen LogP contribution in [0.5, 0.6) is 0 Å². The minimum atomic E-state index is -0.289. The van der Waals surface area contributed by atoms with Gasteiger partial charge >= 0.3 is 0 Å². The van der Waals surface area contributed by atoms with E-state index in [9.17, 15) is 4.79 Å². The van der Waals surface area contributed by atoms with Crippen molar-refractivity contribution in [2.24, 2.45) is 0 Å². The second kappa shape index (κ2) is 4.94. The Labute approximate surface area is 98.1 Å². The molecule has 0 atom stereocenters. The average Bonchev–Trinajstić information content (AvgIpc) is 2.89. The molecule has 0 spiro atoms. The number of nitrogens with one attached hydrogen (secondary N) is 2. The van der Waals surface area contributed by atoms with Crippen molar-refractivity contribution in [1.82, 2.24) is 15.3 Å². The van der Waals surface area contributed by atoms with E-state index in [1.165, 1.54) is 12.3 Å². The van der Waals surface area contributed by atoms with Crippen molar-refractivity contribution in [2.75, 3.05) is 0 Å². The minimum absolute atomic E-state index is 0.250. The van der Waals surface area contributed by atoms with Crippen molar-refractivity contribution in [3.8, 4) is 6.07 Å². The second-order valence-electron chi connectivity index (χ2n) is 3.44. The summed E-state index contributed by atoms with van der Waals surface area (Å²) in [6.45, 7) is 0.431. The van der Waals surface area contributed by atoms with Crippen LogP contribution in [-0.2, 0) is 6.54 Å². The van der Waals surface area contributed by atoms with Crippen LogP contribution in [0.2, 0.25) is 0 Å². The largest absolute Gasteiger partial charge is 0.367 e. The Morgan fingerprint density at radius 2 is 2.41 bits per heavy atom. The van der Waals surface area contributed by atoms with Gasteiger partial charge in [-0.1, -0.05) is 0 Å². The lowest BCUT2D eigenvalue weighted by Crippen LogP contribution is -2.23. The molecule has 2 aromatic heterocycles. The maximum Gasteiger partial charge on any atom is 0.270 e. The second-order valence-corrected chi connectivity index (χ2v) is 3.44. The highest BCUT2D eigenvalue weighted by Gasteiger charge is 2.07. The third kappa shape index (κ3) is 2.69. The lowest BCUT2D eigenvalue weighted by molar-refractivity contribution is 0.0946. The van der Waals surface area contributed by atoms with Gasteiger partial charge in [0.05, 0.1) is 11.6 Å². The van der Waals surface area contributed by atoms with Crippen molar-refractivity contribution < 1.29 is 4.79 Å². The van der Waals surface area contributed by atoms with Crippen LogP contribution in [0.1, 0.15) is 21.6 Å². The Kier molecular flexibility index (Phi) is 3.17. The predicted octanol–water partition coefficient (Wildman–Crippen LogP) is 1.21. The van der Waals surface area contributed by atoms with E-state index in [1.807, 2.05) is 12.1 Å². The molecule has 5 heteroatoms. The molecule has 0 aliphatic carbocycles. The number of aromatic amines is 1. The van der Waals surface area contributed by atoms with Crippen molar-refractivity contribution >= 4 is 5.91 Å². The highest BCUT2D eigenvalue weighted by atomic mass is 16.1. The Balaban J connectivity index is 2.02. The average molecular weight is 226 g/mol.